The lowest BCUT2D eigenvalue weighted by atomic mass is 10.1. The summed E-state index contributed by atoms with van der Waals surface area (Å²) in [5, 5.41) is 10.6. The first-order valence-electron chi connectivity index (χ1n) is 4.05. The van der Waals surface area contributed by atoms with Gasteiger partial charge in [0.25, 0.3) is 0 Å². The molecule has 0 amide bonds. The quantitative estimate of drug-likeness (QED) is 0.822. The van der Waals surface area contributed by atoms with Gasteiger partial charge in [-0.1, -0.05) is 0 Å². The minimum Gasteiger partial charge on any atom is -0.391 e. The van der Waals surface area contributed by atoms with Crippen LogP contribution in [0, 0.1) is 14.9 Å². The van der Waals surface area contributed by atoms with Gasteiger partial charge in [-0.15, -0.1) is 11.3 Å². The number of fused-ring (bicyclic) bond motifs is 1. The first-order valence-corrected chi connectivity index (χ1v) is 5.94. The number of anilines is 1. The molecule has 0 aliphatic rings. The summed E-state index contributed by atoms with van der Waals surface area (Å²) in [4.78, 5) is 0. The molecule has 70 valence electrons. The standard InChI is InChI=1S/C10H7IN2S/c11-8-5-9-7(4-10(13)14-9)3-6(8)1-2-12/h3-5H,1,13H2. The molecule has 0 aliphatic carbocycles. The third kappa shape index (κ3) is 1.70. The summed E-state index contributed by atoms with van der Waals surface area (Å²) in [5.74, 6) is 0. The highest BCUT2D eigenvalue weighted by Gasteiger charge is 2.04. The van der Waals surface area contributed by atoms with Crippen molar-refractivity contribution in [2.45, 2.75) is 6.42 Å². The van der Waals surface area contributed by atoms with Gasteiger partial charge in [-0.25, -0.2) is 0 Å². The summed E-state index contributed by atoms with van der Waals surface area (Å²) < 4.78 is 2.33. The second kappa shape index (κ2) is 3.75. The second-order valence-electron chi connectivity index (χ2n) is 2.97. The van der Waals surface area contributed by atoms with E-state index in [2.05, 4.69) is 34.7 Å². The molecule has 0 fully saturated rings. The van der Waals surface area contributed by atoms with Gasteiger partial charge < -0.3 is 5.73 Å². The van der Waals surface area contributed by atoms with Crippen molar-refractivity contribution in [3.8, 4) is 6.07 Å². The van der Waals surface area contributed by atoms with Crippen molar-refractivity contribution in [3.05, 3.63) is 27.3 Å². The van der Waals surface area contributed by atoms with E-state index in [9.17, 15) is 0 Å². The molecule has 0 unspecified atom stereocenters. The van der Waals surface area contributed by atoms with Gasteiger partial charge in [0.15, 0.2) is 0 Å². The molecular weight excluding hydrogens is 307 g/mol. The zero-order valence-electron chi connectivity index (χ0n) is 7.25. The SMILES string of the molecule is N#CCc1cc2cc(N)sc2cc1I. The predicted octanol–water partition coefficient (Wildman–Crippen LogP) is 3.15. The van der Waals surface area contributed by atoms with Crippen molar-refractivity contribution in [1.29, 1.82) is 5.26 Å². The smallest absolute Gasteiger partial charge is 0.0868 e. The molecular formula is C10H7IN2S. The number of nitrogens with two attached hydrogens (primary N) is 1. The van der Waals surface area contributed by atoms with E-state index >= 15 is 0 Å². The topological polar surface area (TPSA) is 49.8 Å². The summed E-state index contributed by atoms with van der Waals surface area (Å²) in [6, 6.07) is 8.25. The Kier molecular flexibility index (Phi) is 2.61. The van der Waals surface area contributed by atoms with Gasteiger partial charge >= 0.3 is 0 Å². The molecule has 14 heavy (non-hydrogen) atoms. The minimum absolute atomic E-state index is 0.462. The van der Waals surface area contributed by atoms with Crippen molar-refractivity contribution < 1.29 is 0 Å². The third-order valence-electron chi connectivity index (χ3n) is 1.97. The maximum Gasteiger partial charge on any atom is 0.0868 e. The summed E-state index contributed by atoms with van der Waals surface area (Å²) in [7, 11) is 0. The maximum atomic E-state index is 8.65. The first kappa shape index (κ1) is 9.74. The molecule has 0 saturated heterocycles. The minimum atomic E-state index is 0.462. The number of thiophene rings is 1. The van der Waals surface area contributed by atoms with Crippen LogP contribution in [0.4, 0.5) is 5.00 Å². The second-order valence-corrected chi connectivity index (χ2v) is 5.24. The number of nitrogens with zero attached hydrogens (tertiary/aromatic N) is 1. The monoisotopic (exact) mass is 314 g/mol. The highest BCUT2D eigenvalue weighted by atomic mass is 127. The van der Waals surface area contributed by atoms with Gasteiger partial charge in [0.2, 0.25) is 0 Å². The van der Waals surface area contributed by atoms with Crippen molar-refractivity contribution in [1.82, 2.24) is 0 Å². The molecule has 2 N–H and O–H groups in total. The molecule has 2 nitrogen and oxygen atoms in total. The molecule has 0 bridgehead atoms. The number of rotatable bonds is 1. The zero-order valence-corrected chi connectivity index (χ0v) is 10.2. The fourth-order valence-electron chi connectivity index (χ4n) is 1.35. The number of nitrogen functional groups attached to an aromatic ring is 1. The molecule has 2 aromatic rings. The van der Waals surface area contributed by atoms with Crippen LogP contribution >= 0.6 is 33.9 Å². The van der Waals surface area contributed by atoms with Crippen LogP contribution in [0.2, 0.25) is 0 Å². The molecule has 0 spiro atoms. The Morgan fingerprint density at radius 2 is 2.21 bits per heavy atom. The van der Waals surface area contributed by atoms with Gasteiger partial charge in [-0.05, 0) is 51.7 Å². The van der Waals surface area contributed by atoms with Gasteiger partial charge in [0.1, 0.15) is 0 Å². The molecule has 4 heteroatoms. The average Bonchev–Trinajstić information content (AvgIpc) is 2.45. The fraction of sp³-hybridized carbons (Fsp3) is 0.100. The van der Waals surface area contributed by atoms with Gasteiger partial charge in [-0.2, -0.15) is 5.26 Å². The van der Waals surface area contributed by atoms with Crippen LogP contribution in [0.5, 0.6) is 0 Å². The molecule has 0 radical (unpaired) electrons. The van der Waals surface area contributed by atoms with Crippen LogP contribution in [0.25, 0.3) is 10.1 Å². The summed E-state index contributed by atoms with van der Waals surface area (Å²) in [6.45, 7) is 0. The summed E-state index contributed by atoms with van der Waals surface area (Å²) in [5.41, 5.74) is 6.80. The van der Waals surface area contributed by atoms with E-state index in [1.54, 1.807) is 11.3 Å². The number of hydrogen-bond donors (Lipinski definition) is 1. The van der Waals surface area contributed by atoms with Crippen LogP contribution < -0.4 is 5.73 Å². The van der Waals surface area contributed by atoms with E-state index in [0.717, 1.165) is 19.5 Å². The third-order valence-corrected chi connectivity index (χ3v) is 3.91. The van der Waals surface area contributed by atoms with Crippen LogP contribution in [0.15, 0.2) is 18.2 Å². The molecule has 1 aromatic heterocycles. The molecule has 2 rings (SSSR count). The number of benzene rings is 1. The van der Waals surface area contributed by atoms with E-state index in [4.69, 9.17) is 11.0 Å². The lowest BCUT2D eigenvalue weighted by Crippen LogP contribution is -1.85. The first-order chi connectivity index (χ1) is 6.70. The Hall–Kier alpha value is -0.800. The van der Waals surface area contributed by atoms with E-state index < -0.39 is 0 Å². The van der Waals surface area contributed by atoms with Crippen molar-refractivity contribution in [3.63, 3.8) is 0 Å². The van der Waals surface area contributed by atoms with Crippen LogP contribution in [-0.4, -0.2) is 0 Å². The lowest BCUT2D eigenvalue weighted by molar-refractivity contribution is 1.26. The Morgan fingerprint density at radius 3 is 2.93 bits per heavy atom. The zero-order chi connectivity index (χ0) is 10.1. The molecule has 0 aliphatic heterocycles. The molecule has 1 aromatic carbocycles. The van der Waals surface area contributed by atoms with E-state index in [0.29, 0.717) is 6.42 Å². The highest BCUT2D eigenvalue weighted by molar-refractivity contribution is 14.1. The summed E-state index contributed by atoms with van der Waals surface area (Å²) in [6.07, 6.45) is 0.462. The Balaban J connectivity index is 2.65. The Bertz CT molecular complexity index is 525. The highest BCUT2D eigenvalue weighted by Crippen LogP contribution is 2.30. The van der Waals surface area contributed by atoms with Crippen molar-refractivity contribution in [2.24, 2.45) is 0 Å². The largest absolute Gasteiger partial charge is 0.391 e. The average molecular weight is 314 g/mol. The van der Waals surface area contributed by atoms with Crippen LogP contribution in [-0.2, 0) is 6.42 Å². The van der Waals surface area contributed by atoms with Gasteiger partial charge in [0, 0.05) is 8.27 Å². The van der Waals surface area contributed by atoms with Gasteiger partial charge in [0.05, 0.1) is 17.5 Å². The van der Waals surface area contributed by atoms with E-state index in [1.165, 1.54) is 4.70 Å². The number of nitriles is 1. The molecule has 1 heterocycles. The Morgan fingerprint density at radius 1 is 1.43 bits per heavy atom. The van der Waals surface area contributed by atoms with Crippen molar-refractivity contribution in [2.75, 3.05) is 5.73 Å². The number of halogens is 1. The van der Waals surface area contributed by atoms with E-state index in [1.807, 2.05) is 12.1 Å². The lowest BCUT2D eigenvalue weighted by Gasteiger charge is -1.99. The van der Waals surface area contributed by atoms with Crippen LogP contribution in [0.3, 0.4) is 0 Å². The number of hydrogen-bond acceptors (Lipinski definition) is 3. The van der Waals surface area contributed by atoms with Gasteiger partial charge in [-0.3, -0.25) is 0 Å². The van der Waals surface area contributed by atoms with Crippen LogP contribution in [0.1, 0.15) is 5.56 Å². The fourth-order valence-corrected chi connectivity index (χ4v) is 3.07. The van der Waals surface area contributed by atoms with E-state index in [-0.39, 0.29) is 0 Å². The predicted molar refractivity (Wildman–Crippen MR) is 68.3 cm³/mol. The summed E-state index contributed by atoms with van der Waals surface area (Å²) >= 11 is 3.84. The normalized spacial score (nSPS) is 10.3. The Labute approximate surface area is 99.5 Å². The molecule has 0 saturated carbocycles. The maximum absolute atomic E-state index is 8.65. The van der Waals surface area contributed by atoms with Crippen molar-refractivity contribution >= 4 is 49.0 Å². The molecule has 0 atom stereocenters.